The van der Waals surface area contributed by atoms with Crippen LogP contribution in [0, 0.1) is 0 Å². The molecule has 0 bridgehead atoms. The smallest absolute Gasteiger partial charge is 0.249 e. The molecular formula is CH2FOSi. The number of halogens is 1. The first-order chi connectivity index (χ1) is 1.91. The predicted molar refractivity (Wildman–Crippen MR) is 12.8 cm³/mol. The lowest BCUT2D eigenvalue weighted by Gasteiger charge is -1.72. The van der Waals surface area contributed by atoms with Gasteiger partial charge in [-0.3, -0.25) is 0 Å². The minimum Gasteiger partial charge on any atom is -0.393 e. The van der Waals surface area contributed by atoms with Gasteiger partial charge in [0.05, 0.1) is 0 Å². The van der Waals surface area contributed by atoms with Crippen molar-refractivity contribution in [1.82, 2.24) is 0 Å². The lowest BCUT2D eigenvalue weighted by Crippen LogP contribution is -1.74. The van der Waals surface area contributed by atoms with E-state index in [0.29, 0.717) is 0 Å². The quantitative estimate of drug-likeness (QED) is 0.401. The summed E-state index contributed by atoms with van der Waals surface area (Å²) in [5.74, 6) is 0. The topological polar surface area (TPSA) is 9.23 Å². The van der Waals surface area contributed by atoms with E-state index < -0.39 is 6.86 Å². The van der Waals surface area contributed by atoms with Crippen LogP contribution in [-0.4, -0.2) is 17.3 Å². The van der Waals surface area contributed by atoms with E-state index in [1.54, 1.807) is 0 Å². The highest BCUT2D eigenvalue weighted by Gasteiger charge is 1.57. The van der Waals surface area contributed by atoms with E-state index in [-0.39, 0.29) is 0 Å². The molecule has 0 aromatic rings. The lowest BCUT2D eigenvalue weighted by atomic mass is 11.6. The molecule has 0 aliphatic heterocycles. The molecule has 0 saturated carbocycles. The third-order valence-electron chi connectivity index (χ3n) is 0.0546. The maximum atomic E-state index is 10.5. The van der Waals surface area contributed by atoms with Crippen LogP contribution in [0.15, 0.2) is 0 Å². The Bertz CT molecular complexity index is 10.0. The van der Waals surface area contributed by atoms with Gasteiger partial charge in [-0.05, 0) is 0 Å². The first kappa shape index (κ1) is 4.11. The molecule has 23 valence electrons. The third-order valence-corrected chi connectivity index (χ3v) is 0.164. The minimum absolute atomic E-state index is 0.767. The Hall–Kier alpha value is 0.107. The molecule has 0 saturated heterocycles. The van der Waals surface area contributed by atoms with Crippen molar-refractivity contribution in [3.8, 4) is 0 Å². The largest absolute Gasteiger partial charge is 0.393 e. The number of rotatable bonds is 1. The first-order valence-electron chi connectivity index (χ1n) is 0.760. The molecule has 3 heteroatoms. The molecule has 4 heavy (non-hydrogen) atoms. The molecular weight excluding hydrogens is 75.1 g/mol. The van der Waals surface area contributed by atoms with Crippen LogP contribution in [0.2, 0.25) is 0 Å². The minimum atomic E-state index is -0.767. The molecule has 0 amide bonds. The molecule has 3 radical (unpaired) electrons. The van der Waals surface area contributed by atoms with Crippen molar-refractivity contribution in [1.29, 1.82) is 0 Å². The SMILES string of the molecule is FCO[Si]. The van der Waals surface area contributed by atoms with Crippen molar-refractivity contribution < 1.29 is 8.82 Å². The normalized spacial score (nSPS) is 7.50. The Balaban J connectivity index is 1.97. The zero-order valence-electron chi connectivity index (χ0n) is 1.99. The maximum absolute atomic E-state index is 10.5. The summed E-state index contributed by atoms with van der Waals surface area (Å²) in [6, 6.07) is 0. The molecule has 0 heterocycles. The molecule has 1 nitrogen and oxygen atoms in total. The van der Waals surface area contributed by atoms with Crippen LogP contribution in [0.1, 0.15) is 0 Å². The van der Waals surface area contributed by atoms with Crippen molar-refractivity contribution in [2.24, 2.45) is 0 Å². The van der Waals surface area contributed by atoms with Crippen LogP contribution in [0.3, 0.4) is 0 Å². The highest BCUT2D eigenvalue weighted by molar-refractivity contribution is 5.97. The van der Waals surface area contributed by atoms with Gasteiger partial charge in [-0.25, -0.2) is 4.39 Å². The van der Waals surface area contributed by atoms with E-state index >= 15 is 0 Å². The molecule has 0 fully saturated rings. The Morgan fingerprint density at radius 1 is 2.00 bits per heavy atom. The van der Waals surface area contributed by atoms with Crippen LogP contribution in [0.25, 0.3) is 0 Å². The maximum Gasteiger partial charge on any atom is 0.249 e. The van der Waals surface area contributed by atoms with E-state index in [1.807, 2.05) is 0 Å². The van der Waals surface area contributed by atoms with Crippen molar-refractivity contribution in [2.45, 2.75) is 0 Å². The van der Waals surface area contributed by atoms with E-state index in [2.05, 4.69) is 14.9 Å². The fraction of sp³-hybridized carbons (Fsp3) is 1.00. The number of hydrogen-bond acceptors (Lipinski definition) is 1. The summed E-state index contributed by atoms with van der Waals surface area (Å²) < 4.78 is 14.1. The molecule has 0 N–H and O–H groups in total. The highest BCUT2D eigenvalue weighted by Crippen LogP contribution is 1.57. The van der Waals surface area contributed by atoms with Crippen LogP contribution in [0.5, 0.6) is 0 Å². The summed E-state index contributed by atoms with van der Waals surface area (Å²) in [6.07, 6.45) is 0. The third kappa shape index (κ3) is 2.11. The van der Waals surface area contributed by atoms with Gasteiger partial charge < -0.3 is 4.43 Å². The predicted octanol–water partition coefficient (Wildman–Crippen LogP) is 0.0135. The van der Waals surface area contributed by atoms with Crippen LogP contribution >= 0.6 is 0 Å². The average molecular weight is 77.1 g/mol. The Labute approximate surface area is 27.3 Å². The van der Waals surface area contributed by atoms with Crippen molar-refractivity contribution in [2.75, 3.05) is 6.86 Å². The Morgan fingerprint density at radius 2 is 2.25 bits per heavy atom. The van der Waals surface area contributed by atoms with Gasteiger partial charge in [0.25, 0.3) is 0 Å². The number of hydrogen-bond donors (Lipinski definition) is 0. The van der Waals surface area contributed by atoms with Gasteiger partial charge in [0, 0.05) is 0 Å². The lowest BCUT2D eigenvalue weighted by molar-refractivity contribution is 0.208. The summed E-state index contributed by atoms with van der Waals surface area (Å²) in [4.78, 5) is 0. The summed E-state index contributed by atoms with van der Waals surface area (Å²) in [6.45, 7) is -0.767. The molecule has 0 unspecified atom stereocenters. The average Bonchev–Trinajstić information content (AvgIpc) is 1.37. The van der Waals surface area contributed by atoms with Crippen LogP contribution < -0.4 is 0 Å². The van der Waals surface area contributed by atoms with Crippen LogP contribution in [-0.2, 0) is 4.43 Å². The summed E-state index contributed by atoms with van der Waals surface area (Å²) in [5.41, 5.74) is 0. The van der Waals surface area contributed by atoms with Gasteiger partial charge in [-0.2, -0.15) is 0 Å². The van der Waals surface area contributed by atoms with Gasteiger partial charge in [0.15, 0.2) is 6.86 Å². The summed E-state index contributed by atoms with van der Waals surface area (Å²) in [7, 11) is 2.41. The fourth-order valence-electron chi connectivity index (χ4n) is 0. The number of alkyl halides is 1. The van der Waals surface area contributed by atoms with Crippen LogP contribution in [0.4, 0.5) is 4.39 Å². The Kier molecular flexibility index (Phi) is 3.19. The molecule has 0 spiro atoms. The fourth-order valence-corrected chi connectivity index (χ4v) is 0. The second-order valence-electron chi connectivity index (χ2n) is 0.253. The first-order valence-corrected chi connectivity index (χ1v) is 1.17. The van der Waals surface area contributed by atoms with Crippen molar-refractivity contribution in [3.63, 3.8) is 0 Å². The monoisotopic (exact) mass is 77.0 g/mol. The second kappa shape index (κ2) is 3.11. The standard InChI is InChI=1S/CH2FOSi/c2-1-3-4/h1H2. The molecule has 0 aromatic heterocycles. The van der Waals surface area contributed by atoms with E-state index in [0.717, 1.165) is 0 Å². The molecule has 0 atom stereocenters. The summed E-state index contributed by atoms with van der Waals surface area (Å²) in [5, 5.41) is 0. The molecule has 0 aliphatic rings. The molecule has 0 aromatic carbocycles. The Morgan fingerprint density at radius 3 is 2.25 bits per heavy atom. The molecule has 0 aliphatic carbocycles. The van der Waals surface area contributed by atoms with Gasteiger partial charge in [-0.1, -0.05) is 0 Å². The zero-order chi connectivity index (χ0) is 3.41. The summed E-state index contributed by atoms with van der Waals surface area (Å²) >= 11 is 0. The van der Waals surface area contributed by atoms with E-state index in [1.165, 1.54) is 0 Å². The van der Waals surface area contributed by atoms with Gasteiger partial charge in [0.1, 0.15) is 0 Å². The van der Waals surface area contributed by atoms with E-state index in [9.17, 15) is 4.39 Å². The van der Waals surface area contributed by atoms with Crippen molar-refractivity contribution in [3.05, 3.63) is 0 Å². The van der Waals surface area contributed by atoms with Gasteiger partial charge >= 0.3 is 0 Å². The second-order valence-corrected chi connectivity index (χ2v) is 0.542. The van der Waals surface area contributed by atoms with Gasteiger partial charge in [0.2, 0.25) is 10.5 Å². The highest BCUT2D eigenvalue weighted by atomic mass is 28.2. The van der Waals surface area contributed by atoms with E-state index in [4.69, 9.17) is 0 Å². The van der Waals surface area contributed by atoms with Gasteiger partial charge in [-0.15, -0.1) is 0 Å². The zero-order valence-corrected chi connectivity index (χ0v) is 2.99. The molecule has 0 rings (SSSR count). The van der Waals surface area contributed by atoms with Crippen molar-refractivity contribution >= 4 is 10.5 Å².